The van der Waals surface area contributed by atoms with Crippen LogP contribution < -0.4 is 4.90 Å². The molecule has 1 fully saturated rings. The van der Waals surface area contributed by atoms with Crippen molar-refractivity contribution in [2.75, 3.05) is 37.6 Å². The summed E-state index contributed by atoms with van der Waals surface area (Å²) < 4.78 is 0. The maximum absolute atomic E-state index is 13.5. The molecule has 0 N–H and O–H groups in total. The smallest absolute Gasteiger partial charge is 0.254 e. The van der Waals surface area contributed by atoms with Crippen LogP contribution in [0.4, 0.5) is 5.82 Å². The molecule has 39 heavy (non-hydrogen) atoms. The van der Waals surface area contributed by atoms with Gasteiger partial charge in [-0.2, -0.15) is 0 Å². The summed E-state index contributed by atoms with van der Waals surface area (Å²) in [5.74, 6) is 0.599. The molecule has 4 aromatic rings. The third kappa shape index (κ3) is 6.14. The van der Waals surface area contributed by atoms with Gasteiger partial charge in [-0.25, -0.2) is 0 Å². The molecule has 1 aliphatic heterocycles. The molecule has 0 radical (unpaired) electrons. The predicted molar refractivity (Wildman–Crippen MR) is 153 cm³/mol. The molecule has 2 heterocycles. The number of carbonyl (C=O) groups excluding carboxylic acids is 2. The van der Waals surface area contributed by atoms with E-state index < -0.39 is 0 Å². The largest absolute Gasteiger partial charge is 0.352 e. The quantitative estimate of drug-likeness (QED) is 0.344. The summed E-state index contributed by atoms with van der Waals surface area (Å²) in [6.45, 7) is 6.50. The van der Waals surface area contributed by atoms with Crippen molar-refractivity contribution >= 4 is 17.6 Å². The van der Waals surface area contributed by atoms with E-state index in [2.05, 4.69) is 34.2 Å². The van der Waals surface area contributed by atoms with Crippen LogP contribution in [0.2, 0.25) is 0 Å². The van der Waals surface area contributed by atoms with E-state index in [1.165, 1.54) is 5.56 Å². The third-order valence-corrected chi connectivity index (χ3v) is 7.29. The van der Waals surface area contributed by atoms with Crippen molar-refractivity contribution in [3.63, 3.8) is 0 Å². The van der Waals surface area contributed by atoms with Crippen LogP contribution in [-0.4, -0.2) is 64.5 Å². The van der Waals surface area contributed by atoms with E-state index in [1.54, 1.807) is 17.0 Å². The van der Waals surface area contributed by atoms with Gasteiger partial charge >= 0.3 is 0 Å². The molecule has 1 saturated heterocycles. The van der Waals surface area contributed by atoms with Crippen molar-refractivity contribution in [2.24, 2.45) is 0 Å². The van der Waals surface area contributed by atoms with Crippen LogP contribution in [0.5, 0.6) is 0 Å². The van der Waals surface area contributed by atoms with Crippen molar-refractivity contribution in [3.05, 3.63) is 114 Å². The standard InChI is InChI=1S/C32H33N5O2/c1-24-13-15-27(16-14-24)29-17-18-30(34-33-29)35-19-21-36(22-20-35)31(38)23-37(25(2)26-9-5-3-6-10-26)32(39)28-11-7-4-8-12-28/h3-18,25H,19-23H2,1-2H3/t25-/m0/s1. The van der Waals surface area contributed by atoms with Gasteiger partial charge in [0.2, 0.25) is 5.91 Å². The fourth-order valence-corrected chi connectivity index (χ4v) is 4.85. The van der Waals surface area contributed by atoms with Gasteiger partial charge in [-0.15, -0.1) is 10.2 Å². The molecule has 198 valence electrons. The molecule has 0 aliphatic carbocycles. The SMILES string of the molecule is Cc1ccc(-c2ccc(N3CCN(C(=O)CN(C(=O)c4ccccc4)[C@@H](C)c4ccccc4)CC3)nn2)cc1. The number of hydrogen-bond donors (Lipinski definition) is 0. The maximum Gasteiger partial charge on any atom is 0.254 e. The first-order valence-electron chi connectivity index (χ1n) is 13.3. The second kappa shape index (κ2) is 11.9. The third-order valence-electron chi connectivity index (χ3n) is 7.29. The van der Waals surface area contributed by atoms with Gasteiger partial charge < -0.3 is 14.7 Å². The van der Waals surface area contributed by atoms with Crippen LogP contribution in [0.25, 0.3) is 11.3 Å². The van der Waals surface area contributed by atoms with Crippen LogP contribution in [0, 0.1) is 6.92 Å². The molecule has 0 saturated carbocycles. The van der Waals surface area contributed by atoms with Gasteiger partial charge in [0.15, 0.2) is 5.82 Å². The normalized spacial score (nSPS) is 14.1. The molecule has 5 rings (SSSR count). The number of aryl methyl sites for hydroxylation is 1. The summed E-state index contributed by atoms with van der Waals surface area (Å²) in [4.78, 5) is 32.6. The molecule has 0 unspecified atom stereocenters. The minimum atomic E-state index is -0.244. The second-order valence-electron chi connectivity index (χ2n) is 9.90. The van der Waals surface area contributed by atoms with Crippen molar-refractivity contribution in [2.45, 2.75) is 19.9 Å². The van der Waals surface area contributed by atoms with Crippen LogP contribution in [0.1, 0.15) is 34.5 Å². The summed E-state index contributed by atoms with van der Waals surface area (Å²) in [7, 11) is 0. The Labute approximate surface area is 229 Å². The summed E-state index contributed by atoms with van der Waals surface area (Å²) in [6.07, 6.45) is 0. The van der Waals surface area contributed by atoms with Gasteiger partial charge in [0.05, 0.1) is 11.7 Å². The Morgan fingerprint density at radius 1 is 0.795 bits per heavy atom. The second-order valence-corrected chi connectivity index (χ2v) is 9.90. The Morgan fingerprint density at radius 2 is 1.44 bits per heavy atom. The number of carbonyl (C=O) groups is 2. The molecular weight excluding hydrogens is 486 g/mol. The molecule has 7 heteroatoms. The number of piperazine rings is 1. The molecule has 0 bridgehead atoms. The van der Waals surface area contributed by atoms with Crippen LogP contribution in [0.3, 0.4) is 0 Å². The Balaban J connectivity index is 1.23. The molecular formula is C32H33N5O2. The van der Waals surface area contributed by atoms with Crippen molar-refractivity contribution in [3.8, 4) is 11.3 Å². The topological polar surface area (TPSA) is 69.6 Å². The van der Waals surface area contributed by atoms with E-state index in [-0.39, 0.29) is 24.4 Å². The number of aromatic nitrogens is 2. The number of hydrogen-bond acceptors (Lipinski definition) is 5. The number of nitrogens with zero attached hydrogens (tertiary/aromatic N) is 5. The minimum Gasteiger partial charge on any atom is -0.352 e. The lowest BCUT2D eigenvalue weighted by atomic mass is 10.1. The van der Waals surface area contributed by atoms with Gasteiger partial charge in [-0.3, -0.25) is 9.59 Å². The molecule has 3 aromatic carbocycles. The zero-order valence-corrected chi connectivity index (χ0v) is 22.4. The Kier molecular flexibility index (Phi) is 7.96. The lowest BCUT2D eigenvalue weighted by molar-refractivity contribution is -0.132. The Morgan fingerprint density at radius 3 is 2.05 bits per heavy atom. The fraction of sp³-hybridized carbons (Fsp3) is 0.250. The van der Waals surface area contributed by atoms with Gasteiger partial charge in [-0.1, -0.05) is 78.4 Å². The molecule has 2 amide bonds. The summed E-state index contributed by atoms with van der Waals surface area (Å²) in [5, 5.41) is 8.88. The number of amides is 2. The lowest BCUT2D eigenvalue weighted by Crippen LogP contribution is -2.52. The van der Waals surface area contributed by atoms with Gasteiger partial charge in [-0.05, 0) is 43.7 Å². The average Bonchev–Trinajstić information content (AvgIpc) is 3.00. The Hall–Kier alpha value is -4.52. The van der Waals surface area contributed by atoms with Crippen molar-refractivity contribution in [1.29, 1.82) is 0 Å². The van der Waals surface area contributed by atoms with Crippen LogP contribution >= 0.6 is 0 Å². The number of rotatable bonds is 7. The maximum atomic E-state index is 13.5. The van der Waals surface area contributed by atoms with Gasteiger partial charge in [0.1, 0.15) is 6.54 Å². The minimum absolute atomic E-state index is 0.0227. The molecule has 1 aliphatic rings. The zero-order chi connectivity index (χ0) is 27.2. The molecule has 1 atom stereocenters. The number of anilines is 1. The zero-order valence-electron chi connectivity index (χ0n) is 22.4. The van der Waals surface area contributed by atoms with Gasteiger partial charge in [0.25, 0.3) is 5.91 Å². The highest BCUT2D eigenvalue weighted by Gasteiger charge is 2.29. The summed E-state index contributed by atoms with van der Waals surface area (Å²) in [6, 6.07) is 31.0. The molecule has 7 nitrogen and oxygen atoms in total. The Bertz CT molecular complexity index is 1380. The predicted octanol–water partition coefficient (Wildman–Crippen LogP) is 5.00. The first-order valence-corrected chi connectivity index (χ1v) is 13.3. The molecule has 0 spiro atoms. The first-order chi connectivity index (χ1) is 19.0. The van der Waals surface area contributed by atoms with E-state index in [1.807, 2.05) is 84.6 Å². The highest BCUT2D eigenvalue weighted by molar-refractivity contribution is 5.96. The lowest BCUT2D eigenvalue weighted by Gasteiger charge is -2.37. The van der Waals surface area contributed by atoms with E-state index in [0.29, 0.717) is 31.7 Å². The van der Waals surface area contributed by atoms with Crippen LogP contribution in [0.15, 0.2) is 97.1 Å². The van der Waals surface area contributed by atoms with Crippen molar-refractivity contribution in [1.82, 2.24) is 20.0 Å². The number of benzene rings is 3. The van der Waals surface area contributed by atoms with Crippen LogP contribution in [-0.2, 0) is 4.79 Å². The van der Waals surface area contributed by atoms with E-state index in [0.717, 1.165) is 22.6 Å². The monoisotopic (exact) mass is 519 g/mol. The van der Waals surface area contributed by atoms with Crippen molar-refractivity contribution < 1.29 is 9.59 Å². The first kappa shape index (κ1) is 26.1. The average molecular weight is 520 g/mol. The summed E-state index contributed by atoms with van der Waals surface area (Å²) >= 11 is 0. The summed E-state index contributed by atoms with van der Waals surface area (Å²) in [5.41, 5.74) is 4.65. The highest BCUT2D eigenvalue weighted by Crippen LogP contribution is 2.24. The van der Waals surface area contributed by atoms with E-state index >= 15 is 0 Å². The highest BCUT2D eigenvalue weighted by atomic mass is 16.2. The van der Waals surface area contributed by atoms with Gasteiger partial charge in [0, 0.05) is 37.3 Å². The molecule has 1 aromatic heterocycles. The van der Waals surface area contributed by atoms with E-state index in [9.17, 15) is 9.59 Å². The van der Waals surface area contributed by atoms with E-state index in [4.69, 9.17) is 0 Å². The fourth-order valence-electron chi connectivity index (χ4n) is 4.85.